The zero-order chi connectivity index (χ0) is 15.1. The van der Waals surface area contributed by atoms with Crippen LogP contribution in [0.15, 0.2) is 24.3 Å². The number of benzene rings is 1. The zero-order valence-electron chi connectivity index (χ0n) is 12.6. The summed E-state index contributed by atoms with van der Waals surface area (Å²) in [4.78, 5) is 14.3. The Labute approximate surface area is 119 Å². The zero-order valence-corrected chi connectivity index (χ0v) is 12.6. The Hall–Kier alpha value is -2.10. The number of nitrogens with zero attached hydrogens (tertiary/aromatic N) is 1. The lowest BCUT2D eigenvalue weighted by atomic mass is 9.85. The van der Waals surface area contributed by atoms with Crippen molar-refractivity contribution in [3.05, 3.63) is 51.3 Å². The molecule has 1 heterocycles. The smallest absolute Gasteiger partial charge is 0.277 e. The highest BCUT2D eigenvalue weighted by Crippen LogP contribution is 2.36. The Morgan fingerprint density at radius 3 is 2.20 bits per heavy atom. The molecule has 4 heteroatoms. The van der Waals surface area contributed by atoms with Gasteiger partial charge in [0.1, 0.15) is 0 Å². The van der Waals surface area contributed by atoms with Gasteiger partial charge in [0.15, 0.2) is 0 Å². The van der Waals surface area contributed by atoms with Crippen molar-refractivity contribution in [3.63, 3.8) is 0 Å². The third-order valence-electron chi connectivity index (χ3n) is 3.50. The van der Waals surface area contributed by atoms with Gasteiger partial charge in [-0.15, -0.1) is 0 Å². The summed E-state index contributed by atoms with van der Waals surface area (Å²) < 4.78 is 0. The summed E-state index contributed by atoms with van der Waals surface area (Å²) in [5.74, 6) is 0. The fourth-order valence-corrected chi connectivity index (χ4v) is 2.38. The topological polar surface area (TPSA) is 58.9 Å². The molecule has 0 fully saturated rings. The Bertz CT molecular complexity index is 664. The van der Waals surface area contributed by atoms with E-state index < -0.39 is 0 Å². The molecular weight excluding hydrogens is 252 g/mol. The Morgan fingerprint density at radius 2 is 1.75 bits per heavy atom. The number of nitro benzene ring substituents is 1. The SMILES string of the molecule is Cc1cc(-c2ccc(C(C)(C)C)cc2[N+](=O)[O-])c(C)[nH]1. The van der Waals surface area contributed by atoms with Crippen LogP contribution < -0.4 is 0 Å². The van der Waals surface area contributed by atoms with E-state index in [4.69, 9.17) is 0 Å². The Morgan fingerprint density at radius 1 is 1.10 bits per heavy atom. The number of rotatable bonds is 2. The van der Waals surface area contributed by atoms with E-state index >= 15 is 0 Å². The summed E-state index contributed by atoms with van der Waals surface area (Å²) in [6.07, 6.45) is 0. The second-order valence-corrected chi connectivity index (χ2v) is 6.23. The summed E-state index contributed by atoms with van der Waals surface area (Å²) in [5, 5.41) is 11.4. The molecule has 1 N–H and O–H groups in total. The number of aryl methyl sites for hydroxylation is 2. The quantitative estimate of drug-likeness (QED) is 0.646. The molecule has 4 nitrogen and oxygen atoms in total. The lowest BCUT2D eigenvalue weighted by Crippen LogP contribution is -2.11. The minimum atomic E-state index is -0.299. The van der Waals surface area contributed by atoms with Crippen LogP contribution in [0.5, 0.6) is 0 Å². The van der Waals surface area contributed by atoms with Gasteiger partial charge in [0.05, 0.1) is 10.5 Å². The van der Waals surface area contributed by atoms with Crippen molar-refractivity contribution in [3.8, 4) is 11.1 Å². The highest BCUT2D eigenvalue weighted by atomic mass is 16.6. The molecule has 0 saturated heterocycles. The standard InChI is InChI=1S/C16H20N2O2/c1-10-8-14(11(2)17-10)13-7-6-12(16(3,4)5)9-15(13)18(19)20/h6-9,17H,1-5H3. The van der Waals surface area contributed by atoms with Gasteiger partial charge >= 0.3 is 0 Å². The van der Waals surface area contributed by atoms with Crippen LogP contribution in [-0.4, -0.2) is 9.91 Å². The summed E-state index contributed by atoms with van der Waals surface area (Å²) in [5.41, 5.74) is 4.56. The molecule has 106 valence electrons. The van der Waals surface area contributed by atoms with Crippen molar-refractivity contribution in [2.24, 2.45) is 0 Å². The molecule has 1 aromatic heterocycles. The van der Waals surface area contributed by atoms with E-state index in [1.54, 1.807) is 6.07 Å². The van der Waals surface area contributed by atoms with Crippen LogP contribution in [0.2, 0.25) is 0 Å². The third-order valence-corrected chi connectivity index (χ3v) is 3.50. The Balaban J connectivity index is 2.65. The first-order valence-electron chi connectivity index (χ1n) is 6.65. The molecule has 2 aromatic rings. The summed E-state index contributed by atoms with van der Waals surface area (Å²) >= 11 is 0. The predicted molar refractivity (Wildman–Crippen MR) is 81.1 cm³/mol. The monoisotopic (exact) mass is 272 g/mol. The van der Waals surface area contributed by atoms with E-state index in [0.29, 0.717) is 5.56 Å². The molecule has 0 spiro atoms. The van der Waals surface area contributed by atoms with Crippen molar-refractivity contribution < 1.29 is 4.92 Å². The first-order chi connectivity index (χ1) is 9.20. The molecule has 0 aliphatic carbocycles. The van der Waals surface area contributed by atoms with Gasteiger partial charge < -0.3 is 4.98 Å². The minimum Gasteiger partial charge on any atom is -0.362 e. The van der Waals surface area contributed by atoms with Crippen molar-refractivity contribution in [2.45, 2.75) is 40.0 Å². The molecule has 1 aromatic carbocycles. The van der Waals surface area contributed by atoms with Gasteiger partial charge in [0, 0.05) is 23.0 Å². The van der Waals surface area contributed by atoms with E-state index in [-0.39, 0.29) is 16.0 Å². The first-order valence-corrected chi connectivity index (χ1v) is 6.65. The maximum absolute atomic E-state index is 11.4. The first kappa shape index (κ1) is 14.3. The number of hydrogen-bond donors (Lipinski definition) is 1. The lowest BCUT2D eigenvalue weighted by molar-refractivity contribution is -0.384. The van der Waals surface area contributed by atoms with Gasteiger partial charge in [-0.05, 0) is 37.0 Å². The number of hydrogen-bond acceptors (Lipinski definition) is 2. The van der Waals surface area contributed by atoms with E-state index in [9.17, 15) is 10.1 Å². The second kappa shape index (κ2) is 4.78. The average Bonchev–Trinajstić information content (AvgIpc) is 2.66. The maximum atomic E-state index is 11.4. The summed E-state index contributed by atoms with van der Waals surface area (Å²) in [6.45, 7) is 10.0. The number of aromatic nitrogens is 1. The van der Waals surface area contributed by atoms with Crippen LogP contribution in [0, 0.1) is 24.0 Å². The fourth-order valence-electron chi connectivity index (χ4n) is 2.38. The number of aromatic amines is 1. The molecule has 0 aliphatic heterocycles. The molecular formula is C16H20N2O2. The van der Waals surface area contributed by atoms with E-state index in [0.717, 1.165) is 22.5 Å². The maximum Gasteiger partial charge on any atom is 0.277 e. The summed E-state index contributed by atoms with van der Waals surface area (Å²) in [7, 11) is 0. The highest BCUT2D eigenvalue weighted by molar-refractivity contribution is 5.76. The van der Waals surface area contributed by atoms with Gasteiger partial charge in [-0.2, -0.15) is 0 Å². The molecule has 20 heavy (non-hydrogen) atoms. The van der Waals surface area contributed by atoms with Crippen molar-refractivity contribution in [1.82, 2.24) is 4.98 Å². The third kappa shape index (κ3) is 2.59. The van der Waals surface area contributed by atoms with Crippen LogP contribution in [0.1, 0.15) is 37.7 Å². The fraction of sp³-hybridized carbons (Fsp3) is 0.375. The van der Waals surface area contributed by atoms with Gasteiger partial charge in [0.2, 0.25) is 0 Å². The Kier molecular flexibility index (Phi) is 3.42. The van der Waals surface area contributed by atoms with Gasteiger partial charge in [-0.3, -0.25) is 10.1 Å². The molecule has 0 aliphatic rings. The highest BCUT2D eigenvalue weighted by Gasteiger charge is 2.22. The minimum absolute atomic E-state index is 0.105. The van der Waals surface area contributed by atoms with Crippen molar-refractivity contribution in [1.29, 1.82) is 0 Å². The molecule has 0 atom stereocenters. The van der Waals surface area contributed by atoms with Gasteiger partial charge in [0.25, 0.3) is 5.69 Å². The van der Waals surface area contributed by atoms with Crippen LogP contribution in [0.4, 0.5) is 5.69 Å². The van der Waals surface area contributed by atoms with Gasteiger partial charge in [-0.1, -0.05) is 26.8 Å². The molecule has 2 rings (SSSR count). The van der Waals surface area contributed by atoms with Crippen molar-refractivity contribution >= 4 is 5.69 Å². The molecule has 0 radical (unpaired) electrons. The van der Waals surface area contributed by atoms with E-state index in [1.165, 1.54) is 0 Å². The number of nitro groups is 1. The molecule has 0 amide bonds. The second-order valence-electron chi connectivity index (χ2n) is 6.23. The molecule has 0 saturated carbocycles. The van der Waals surface area contributed by atoms with E-state index in [2.05, 4.69) is 25.8 Å². The molecule has 0 bridgehead atoms. The van der Waals surface area contributed by atoms with Crippen LogP contribution in [-0.2, 0) is 5.41 Å². The normalized spacial score (nSPS) is 11.7. The number of nitrogens with one attached hydrogen (secondary N) is 1. The summed E-state index contributed by atoms with van der Waals surface area (Å²) in [6, 6.07) is 7.48. The predicted octanol–water partition coefficient (Wildman–Crippen LogP) is 4.50. The van der Waals surface area contributed by atoms with Crippen LogP contribution >= 0.6 is 0 Å². The average molecular weight is 272 g/mol. The lowest BCUT2D eigenvalue weighted by Gasteiger charge is -2.19. The largest absolute Gasteiger partial charge is 0.362 e. The van der Waals surface area contributed by atoms with Gasteiger partial charge in [-0.25, -0.2) is 0 Å². The van der Waals surface area contributed by atoms with Crippen LogP contribution in [0.3, 0.4) is 0 Å². The van der Waals surface area contributed by atoms with Crippen molar-refractivity contribution in [2.75, 3.05) is 0 Å². The van der Waals surface area contributed by atoms with E-state index in [1.807, 2.05) is 32.0 Å². The van der Waals surface area contributed by atoms with Crippen LogP contribution in [0.25, 0.3) is 11.1 Å². The number of H-pyrrole nitrogens is 1. The molecule has 0 unspecified atom stereocenters.